The van der Waals surface area contributed by atoms with Crippen LogP contribution >= 0.6 is 0 Å². The van der Waals surface area contributed by atoms with Crippen molar-refractivity contribution in [3.05, 3.63) is 11.6 Å². The monoisotopic (exact) mass is 206 g/mol. The van der Waals surface area contributed by atoms with Gasteiger partial charge in [-0.05, 0) is 12.8 Å². The quantitative estimate of drug-likeness (QED) is 0.792. The lowest BCUT2D eigenvalue weighted by Crippen LogP contribution is -2.33. The average molecular weight is 206 g/mol. The van der Waals surface area contributed by atoms with Crippen molar-refractivity contribution in [1.29, 1.82) is 0 Å². The summed E-state index contributed by atoms with van der Waals surface area (Å²) in [7, 11) is 0. The molecule has 1 aromatic rings. The molecular formula is C11H18N4. The topological polar surface area (TPSA) is 42.7 Å². The highest BCUT2D eigenvalue weighted by molar-refractivity contribution is 5.04. The molecule has 0 spiro atoms. The van der Waals surface area contributed by atoms with E-state index >= 15 is 0 Å². The number of hydrogen-bond acceptors (Lipinski definition) is 3. The van der Waals surface area contributed by atoms with Gasteiger partial charge >= 0.3 is 0 Å². The zero-order valence-corrected chi connectivity index (χ0v) is 9.24. The van der Waals surface area contributed by atoms with Crippen LogP contribution < -0.4 is 5.32 Å². The molecule has 3 rings (SSSR count). The van der Waals surface area contributed by atoms with E-state index in [4.69, 9.17) is 0 Å². The fourth-order valence-corrected chi connectivity index (χ4v) is 2.50. The van der Waals surface area contributed by atoms with Gasteiger partial charge in [0.25, 0.3) is 0 Å². The van der Waals surface area contributed by atoms with E-state index < -0.39 is 0 Å². The summed E-state index contributed by atoms with van der Waals surface area (Å²) in [4.78, 5) is 0. The Morgan fingerprint density at radius 3 is 3.00 bits per heavy atom. The summed E-state index contributed by atoms with van der Waals surface area (Å²) in [6, 6.07) is 0.362. The summed E-state index contributed by atoms with van der Waals surface area (Å²) >= 11 is 0. The Morgan fingerprint density at radius 1 is 1.40 bits per heavy atom. The van der Waals surface area contributed by atoms with Crippen LogP contribution in [0.3, 0.4) is 0 Å². The smallest absolute Gasteiger partial charge is 0.149 e. The van der Waals surface area contributed by atoms with Crippen molar-refractivity contribution in [3.63, 3.8) is 0 Å². The number of hydrogen-bond donors (Lipinski definition) is 1. The van der Waals surface area contributed by atoms with Crippen molar-refractivity contribution in [2.45, 2.75) is 45.2 Å². The van der Waals surface area contributed by atoms with E-state index in [9.17, 15) is 0 Å². The lowest BCUT2D eigenvalue weighted by atomic mass is 9.83. The number of nitrogens with one attached hydrogen (secondary N) is 1. The molecule has 0 bridgehead atoms. The summed E-state index contributed by atoms with van der Waals surface area (Å²) < 4.78 is 2.32. The van der Waals surface area contributed by atoms with Gasteiger partial charge in [0.05, 0.1) is 6.04 Å². The molecule has 2 heterocycles. The molecule has 2 aliphatic rings. The summed E-state index contributed by atoms with van der Waals surface area (Å²) in [6.07, 6.45) is 5.31. The lowest BCUT2D eigenvalue weighted by Gasteiger charge is -2.26. The Balaban J connectivity index is 1.82. The Bertz CT molecular complexity index is 353. The number of nitrogens with zero attached hydrogens (tertiary/aromatic N) is 3. The van der Waals surface area contributed by atoms with E-state index in [2.05, 4.69) is 27.0 Å². The molecule has 82 valence electrons. The maximum absolute atomic E-state index is 4.34. The first kappa shape index (κ1) is 9.33. The third kappa shape index (κ3) is 1.57. The Labute approximate surface area is 90.1 Å². The highest BCUT2D eigenvalue weighted by Gasteiger charge is 2.25. The minimum atomic E-state index is 0.362. The van der Waals surface area contributed by atoms with E-state index in [1.807, 2.05) is 0 Å². The van der Waals surface area contributed by atoms with Crippen molar-refractivity contribution in [2.75, 3.05) is 6.54 Å². The van der Waals surface area contributed by atoms with Gasteiger partial charge in [-0.3, -0.25) is 0 Å². The third-order valence-electron chi connectivity index (χ3n) is 3.73. The van der Waals surface area contributed by atoms with Gasteiger partial charge in [-0.15, -0.1) is 10.2 Å². The van der Waals surface area contributed by atoms with Gasteiger partial charge in [-0.1, -0.05) is 19.3 Å². The van der Waals surface area contributed by atoms with Crippen molar-refractivity contribution in [3.8, 4) is 0 Å². The number of aromatic nitrogens is 3. The zero-order chi connectivity index (χ0) is 10.3. The van der Waals surface area contributed by atoms with Crippen LogP contribution in [0.5, 0.6) is 0 Å². The second-order valence-corrected chi connectivity index (χ2v) is 4.80. The first-order valence-electron chi connectivity index (χ1n) is 6.00. The van der Waals surface area contributed by atoms with Crippen LogP contribution in [0.1, 0.15) is 43.9 Å². The van der Waals surface area contributed by atoms with Crippen molar-refractivity contribution in [1.82, 2.24) is 20.1 Å². The average Bonchev–Trinajstić information content (AvgIpc) is 2.56. The van der Waals surface area contributed by atoms with E-state index in [1.54, 1.807) is 0 Å². The number of fused-ring (bicyclic) bond motifs is 1. The van der Waals surface area contributed by atoms with E-state index in [0.29, 0.717) is 6.04 Å². The lowest BCUT2D eigenvalue weighted by molar-refractivity contribution is 0.302. The molecule has 1 aliphatic heterocycles. The van der Waals surface area contributed by atoms with E-state index in [0.717, 1.165) is 31.3 Å². The molecule has 1 saturated carbocycles. The van der Waals surface area contributed by atoms with Gasteiger partial charge in [0, 0.05) is 19.5 Å². The van der Waals surface area contributed by atoms with Crippen molar-refractivity contribution < 1.29 is 0 Å². The fraction of sp³-hybridized carbons (Fsp3) is 0.818. The second kappa shape index (κ2) is 3.59. The van der Waals surface area contributed by atoms with E-state index in [-0.39, 0.29) is 0 Å². The molecule has 4 heteroatoms. The maximum Gasteiger partial charge on any atom is 0.149 e. The molecule has 1 atom stereocenters. The maximum atomic E-state index is 4.34. The normalized spacial score (nSPS) is 26.1. The zero-order valence-electron chi connectivity index (χ0n) is 9.24. The summed E-state index contributed by atoms with van der Waals surface area (Å²) in [5.41, 5.74) is 0. The first-order valence-corrected chi connectivity index (χ1v) is 6.00. The van der Waals surface area contributed by atoms with Crippen molar-refractivity contribution >= 4 is 0 Å². The standard InChI is InChI=1S/C11H18N4/c1-8-11-14-13-10(7-9-3-2-4-9)15(11)6-5-12-8/h8-9,12H,2-7H2,1H3. The van der Waals surface area contributed by atoms with Gasteiger partial charge in [-0.2, -0.15) is 0 Å². The molecule has 0 saturated heterocycles. The van der Waals surface area contributed by atoms with Crippen LogP contribution in [0.15, 0.2) is 0 Å². The third-order valence-corrected chi connectivity index (χ3v) is 3.73. The molecular weight excluding hydrogens is 188 g/mol. The van der Waals surface area contributed by atoms with Gasteiger partial charge in [-0.25, -0.2) is 0 Å². The Hall–Kier alpha value is -0.900. The molecule has 0 amide bonds. The van der Waals surface area contributed by atoms with E-state index in [1.165, 1.54) is 25.1 Å². The summed E-state index contributed by atoms with van der Waals surface area (Å²) in [5.74, 6) is 3.21. The predicted molar refractivity (Wildman–Crippen MR) is 57.5 cm³/mol. The van der Waals surface area contributed by atoms with Crippen LogP contribution in [0.2, 0.25) is 0 Å². The second-order valence-electron chi connectivity index (χ2n) is 4.80. The first-order chi connectivity index (χ1) is 7.34. The van der Waals surface area contributed by atoms with Gasteiger partial charge < -0.3 is 9.88 Å². The summed E-state index contributed by atoms with van der Waals surface area (Å²) in [5, 5.41) is 12.1. The highest BCUT2D eigenvalue weighted by atomic mass is 15.3. The fourth-order valence-electron chi connectivity index (χ4n) is 2.50. The van der Waals surface area contributed by atoms with Crippen LogP contribution in [-0.2, 0) is 13.0 Å². The van der Waals surface area contributed by atoms with Gasteiger partial charge in [0.2, 0.25) is 0 Å². The Kier molecular flexibility index (Phi) is 2.24. The largest absolute Gasteiger partial charge is 0.312 e. The van der Waals surface area contributed by atoms with Crippen LogP contribution in [0, 0.1) is 5.92 Å². The molecule has 4 nitrogen and oxygen atoms in total. The molecule has 15 heavy (non-hydrogen) atoms. The highest BCUT2D eigenvalue weighted by Crippen LogP contribution is 2.30. The van der Waals surface area contributed by atoms with Crippen molar-refractivity contribution in [2.24, 2.45) is 5.92 Å². The minimum absolute atomic E-state index is 0.362. The van der Waals surface area contributed by atoms with Gasteiger partial charge in [0.15, 0.2) is 0 Å². The number of rotatable bonds is 2. The molecule has 1 N–H and O–H groups in total. The van der Waals surface area contributed by atoms with Crippen LogP contribution in [-0.4, -0.2) is 21.3 Å². The molecule has 1 unspecified atom stereocenters. The summed E-state index contributed by atoms with van der Waals surface area (Å²) in [6.45, 7) is 4.24. The molecule has 1 fully saturated rings. The Morgan fingerprint density at radius 2 is 2.27 bits per heavy atom. The van der Waals surface area contributed by atoms with Gasteiger partial charge in [0.1, 0.15) is 11.6 Å². The predicted octanol–water partition coefficient (Wildman–Crippen LogP) is 1.28. The van der Waals surface area contributed by atoms with Crippen LogP contribution in [0.25, 0.3) is 0 Å². The SMILES string of the molecule is CC1NCCn2c(CC3CCC3)nnc21. The molecule has 1 aliphatic carbocycles. The molecule has 0 radical (unpaired) electrons. The molecule has 1 aromatic heterocycles. The minimum Gasteiger partial charge on any atom is -0.312 e. The molecule has 0 aromatic carbocycles. The van der Waals surface area contributed by atoms with Crippen LogP contribution in [0.4, 0.5) is 0 Å².